The molecule has 0 radical (unpaired) electrons. The fourth-order valence-electron chi connectivity index (χ4n) is 2.93. The van der Waals surface area contributed by atoms with Crippen molar-refractivity contribution in [2.45, 2.75) is 51.0 Å². The number of rotatable bonds is 6. The predicted octanol–water partition coefficient (Wildman–Crippen LogP) is 5.19. The Bertz CT molecular complexity index is 814. The second kappa shape index (κ2) is 7.77. The number of benzene rings is 2. The van der Waals surface area contributed by atoms with E-state index >= 15 is 0 Å². The number of hydrogen-bond donors (Lipinski definition) is 1. The molecular weight excluding hydrogens is 370 g/mol. The fourth-order valence-corrected chi connectivity index (χ4v) is 4.20. The highest BCUT2D eigenvalue weighted by Crippen LogP contribution is 2.44. The van der Waals surface area contributed by atoms with Crippen LogP contribution in [0.5, 0.6) is 17.2 Å². The van der Waals surface area contributed by atoms with Crippen LogP contribution in [-0.4, -0.2) is 22.2 Å². The van der Waals surface area contributed by atoms with E-state index in [1.54, 1.807) is 7.11 Å². The zero-order valence-corrected chi connectivity index (χ0v) is 18.6. The van der Waals surface area contributed by atoms with Crippen molar-refractivity contribution in [2.75, 3.05) is 13.9 Å². The van der Waals surface area contributed by atoms with Gasteiger partial charge in [0.25, 0.3) is 0 Å². The standard InChI is InChI=1S/C22H31NO4Si/c1-22(2,3)28(5,6)27-21(16-9-12-18-19(13-16)26-14-25-18)20(23)15-7-10-17(24-4)11-8-15/h7-13,20-21H,14,23H2,1-6H3/t20-,21+/m0/s1. The van der Waals surface area contributed by atoms with Gasteiger partial charge in [-0.25, -0.2) is 0 Å². The highest BCUT2D eigenvalue weighted by Gasteiger charge is 2.41. The van der Waals surface area contributed by atoms with Crippen LogP contribution in [0.3, 0.4) is 0 Å². The zero-order chi connectivity index (χ0) is 20.5. The lowest BCUT2D eigenvalue weighted by Crippen LogP contribution is -2.43. The molecule has 0 amide bonds. The second-order valence-corrected chi connectivity index (χ2v) is 13.5. The van der Waals surface area contributed by atoms with Gasteiger partial charge in [0.1, 0.15) is 5.75 Å². The van der Waals surface area contributed by atoms with Crippen LogP contribution in [0.15, 0.2) is 42.5 Å². The van der Waals surface area contributed by atoms with E-state index in [-0.39, 0.29) is 24.0 Å². The summed E-state index contributed by atoms with van der Waals surface area (Å²) in [7, 11) is -0.409. The maximum absolute atomic E-state index is 6.81. The van der Waals surface area contributed by atoms with Gasteiger partial charge in [-0.2, -0.15) is 0 Å². The van der Waals surface area contributed by atoms with Gasteiger partial charge in [0.15, 0.2) is 19.8 Å². The lowest BCUT2D eigenvalue weighted by Gasteiger charge is -2.41. The molecule has 6 heteroatoms. The first kappa shape index (κ1) is 20.7. The van der Waals surface area contributed by atoms with Gasteiger partial charge >= 0.3 is 0 Å². The Hall–Kier alpha value is -2.02. The molecule has 2 aromatic rings. The molecule has 2 aromatic carbocycles. The summed E-state index contributed by atoms with van der Waals surface area (Å²) in [5.74, 6) is 2.30. The van der Waals surface area contributed by atoms with Gasteiger partial charge in [0, 0.05) is 0 Å². The summed E-state index contributed by atoms with van der Waals surface area (Å²) in [5, 5.41) is 0.0707. The molecule has 1 heterocycles. The van der Waals surface area contributed by atoms with Crippen LogP contribution >= 0.6 is 0 Å². The Balaban J connectivity index is 1.98. The molecule has 1 aliphatic rings. The van der Waals surface area contributed by atoms with E-state index in [2.05, 4.69) is 33.9 Å². The third-order valence-electron chi connectivity index (χ3n) is 5.78. The second-order valence-electron chi connectivity index (χ2n) is 8.71. The van der Waals surface area contributed by atoms with Crippen molar-refractivity contribution in [3.63, 3.8) is 0 Å². The van der Waals surface area contributed by atoms with Crippen molar-refractivity contribution in [1.82, 2.24) is 0 Å². The van der Waals surface area contributed by atoms with Crippen molar-refractivity contribution in [1.29, 1.82) is 0 Å². The summed E-state index contributed by atoms with van der Waals surface area (Å²) in [6.45, 7) is 11.4. The van der Waals surface area contributed by atoms with E-state index in [0.29, 0.717) is 0 Å². The average molecular weight is 402 g/mol. The van der Waals surface area contributed by atoms with Crippen LogP contribution < -0.4 is 19.9 Å². The van der Waals surface area contributed by atoms with Crippen LogP contribution in [0.25, 0.3) is 0 Å². The summed E-state index contributed by atoms with van der Waals surface area (Å²) in [5.41, 5.74) is 8.74. The number of hydrogen-bond acceptors (Lipinski definition) is 5. The van der Waals surface area contributed by atoms with Gasteiger partial charge in [0.05, 0.1) is 19.3 Å². The van der Waals surface area contributed by atoms with E-state index < -0.39 is 8.32 Å². The third-order valence-corrected chi connectivity index (χ3v) is 10.2. The van der Waals surface area contributed by atoms with Crippen molar-refractivity contribution in [3.8, 4) is 17.2 Å². The smallest absolute Gasteiger partial charge is 0.231 e. The largest absolute Gasteiger partial charge is 0.497 e. The van der Waals surface area contributed by atoms with Crippen molar-refractivity contribution >= 4 is 8.32 Å². The lowest BCUT2D eigenvalue weighted by atomic mass is 9.96. The molecule has 0 aromatic heterocycles. The summed E-state index contributed by atoms with van der Waals surface area (Å²) in [4.78, 5) is 0. The summed E-state index contributed by atoms with van der Waals surface area (Å²) >= 11 is 0. The third kappa shape index (κ3) is 4.19. The van der Waals surface area contributed by atoms with Crippen LogP contribution in [0.1, 0.15) is 44.0 Å². The molecular formula is C22H31NO4Si. The highest BCUT2D eigenvalue weighted by atomic mass is 28.4. The number of fused-ring (bicyclic) bond motifs is 1. The Labute approximate surface area is 168 Å². The van der Waals surface area contributed by atoms with Crippen LogP contribution in [0, 0.1) is 0 Å². The predicted molar refractivity (Wildman–Crippen MR) is 114 cm³/mol. The molecule has 28 heavy (non-hydrogen) atoms. The van der Waals surface area contributed by atoms with Crippen LogP contribution in [-0.2, 0) is 4.43 Å². The van der Waals surface area contributed by atoms with Crippen molar-refractivity contribution < 1.29 is 18.6 Å². The van der Waals surface area contributed by atoms with Gasteiger partial charge in [-0.3, -0.25) is 0 Å². The minimum absolute atomic E-state index is 0.0707. The van der Waals surface area contributed by atoms with E-state index in [0.717, 1.165) is 28.4 Å². The summed E-state index contributed by atoms with van der Waals surface area (Å²) in [6, 6.07) is 13.5. The SMILES string of the molecule is COc1ccc([C@H](N)[C@H](O[Si](C)(C)C(C)(C)C)c2ccc3c(c2)OCO3)cc1. The summed E-state index contributed by atoms with van der Waals surface area (Å²) < 4.78 is 23.1. The Morgan fingerprint density at radius 1 is 0.964 bits per heavy atom. The number of nitrogens with two attached hydrogens (primary N) is 1. The average Bonchev–Trinajstić information content (AvgIpc) is 3.12. The number of ether oxygens (including phenoxy) is 3. The van der Waals surface area contributed by atoms with E-state index in [1.807, 2.05) is 42.5 Å². The van der Waals surface area contributed by atoms with Gasteiger partial charge in [-0.1, -0.05) is 39.0 Å². The van der Waals surface area contributed by atoms with E-state index in [4.69, 9.17) is 24.4 Å². The normalized spacial score (nSPS) is 16.0. The fraction of sp³-hybridized carbons (Fsp3) is 0.455. The van der Waals surface area contributed by atoms with Crippen molar-refractivity contribution in [3.05, 3.63) is 53.6 Å². The molecule has 0 saturated heterocycles. The maximum Gasteiger partial charge on any atom is 0.231 e. The molecule has 0 saturated carbocycles. The highest BCUT2D eigenvalue weighted by molar-refractivity contribution is 6.74. The van der Waals surface area contributed by atoms with Gasteiger partial charge in [0.2, 0.25) is 6.79 Å². The Kier molecular flexibility index (Phi) is 5.75. The molecule has 0 bridgehead atoms. The van der Waals surface area contributed by atoms with Crippen LogP contribution in [0.4, 0.5) is 0 Å². The van der Waals surface area contributed by atoms with Gasteiger partial charge in [-0.15, -0.1) is 0 Å². The van der Waals surface area contributed by atoms with Gasteiger partial charge < -0.3 is 24.4 Å². The monoisotopic (exact) mass is 401 g/mol. The minimum Gasteiger partial charge on any atom is -0.497 e. The molecule has 0 fully saturated rings. The zero-order valence-electron chi connectivity index (χ0n) is 17.6. The molecule has 2 N–H and O–H groups in total. The van der Waals surface area contributed by atoms with Gasteiger partial charge in [-0.05, 0) is 53.5 Å². The molecule has 0 unspecified atom stereocenters. The molecule has 152 valence electrons. The molecule has 2 atom stereocenters. The number of methoxy groups -OCH3 is 1. The van der Waals surface area contributed by atoms with Crippen molar-refractivity contribution in [2.24, 2.45) is 5.73 Å². The molecule has 3 rings (SSSR count). The first-order chi connectivity index (χ1) is 13.1. The first-order valence-corrected chi connectivity index (χ1v) is 12.5. The van der Waals surface area contributed by atoms with Crippen LogP contribution in [0.2, 0.25) is 18.1 Å². The molecule has 0 aliphatic carbocycles. The van der Waals surface area contributed by atoms with E-state index in [1.165, 1.54) is 0 Å². The lowest BCUT2D eigenvalue weighted by molar-refractivity contribution is 0.153. The Morgan fingerprint density at radius 2 is 1.57 bits per heavy atom. The first-order valence-electron chi connectivity index (χ1n) is 9.59. The molecule has 1 aliphatic heterocycles. The maximum atomic E-state index is 6.81. The topological polar surface area (TPSA) is 62.9 Å². The minimum atomic E-state index is -2.07. The Morgan fingerprint density at radius 3 is 2.18 bits per heavy atom. The molecule has 0 spiro atoms. The quantitative estimate of drug-likeness (QED) is 0.675. The van der Waals surface area contributed by atoms with E-state index in [9.17, 15) is 0 Å². The molecule has 5 nitrogen and oxygen atoms in total. The summed E-state index contributed by atoms with van der Waals surface area (Å²) in [6.07, 6.45) is -0.288.